The molecular formula is C19H25N5O3. The summed E-state index contributed by atoms with van der Waals surface area (Å²) in [6, 6.07) is 10.6. The van der Waals surface area contributed by atoms with Crippen LogP contribution in [0.5, 0.6) is 0 Å². The second kappa shape index (κ2) is 8.88. The van der Waals surface area contributed by atoms with E-state index >= 15 is 0 Å². The summed E-state index contributed by atoms with van der Waals surface area (Å²) in [5, 5.41) is 7.65. The van der Waals surface area contributed by atoms with Crippen molar-refractivity contribution in [2.75, 3.05) is 31.4 Å². The van der Waals surface area contributed by atoms with E-state index in [0.29, 0.717) is 12.2 Å². The number of aromatic nitrogens is 1. The van der Waals surface area contributed by atoms with Crippen LogP contribution in [0.15, 0.2) is 41.2 Å². The van der Waals surface area contributed by atoms with Crippen LogP contribution in [0.3, 0.4) is 0 Å². The predicted molar refractivity (Wildman–Crippen MR) is 106 cm³/mol. The first-order valence-corrected chi connectivity index (χ1v) is 8.54. The van der Waals surface area contributed by atoms with Crippen molar-refractivity contribution in [3.8, 4) is 0 Å². The van der Waals surface area contributed by atoms with E-state index in [9.17, 15) is 14.4 Å². The fourth-order valence-corrected chi connectivity index (χ4v) is 2.46. The largest absolute Gasteiger partial charge is 0.378 e. The van der Waals surface area contributed by atoms with Crippen LogP contribution >= 0.6 is 0 Å². The molecule has 1 heterocycles. The first kappa shape index (κ1) is 20.0. The maximum Gasteiger partial charge on any atom is 0.319 e. The smallest absolute Gasteiger partial charge is 0.319 e. The molecule has 27 heavy (non-hydrogen) atoms. The average molecular weight is 371 g/mol. The van der Waals surface area contributed by atoms with Crippen LogP contribution in [0.4, 0.5) is 16.2 Å². The number of benzene rings is 1. The van der Waals surface area contributed by atoms with Gasteiger partial charge in [-0.15, -0.1) is 0 Å². The number of carbonyl (C=O) groups is 2. The lowest BCUT2D eigenvalue weighted by atomic mass is 10.2. The molecule has 8 nitrogen and oxygen atoms in total. The predicted octanol–water partition coefficient (Wildman–Crippen LogP) is 1.29. The Morgan fingerprint density at radius 1 is 1.07 bits per heavy atom. The summed E-state index contributed by atoms with van der Waals surface area (Å²) in [4.78, 5) is 38.2. The van der Waals surface area contributed by atoms with E-state index in [1.807, 2.05) is 43.3 Å². The minimum Gasteiger partial charge on any atom is -0.378 e. The van der Waals surface area contributed by atoms with E-state index in [0.717, 1.165) is 11.3 Å². The van der Waals surface area contributed by atoms with E-state index in [1.165, 1.54) is 17.7 Å². The van der Waals surface area contributed by atoms with Crippen molar-refractivity contribution in [1.29, 1.82) is 0 Å². The molecule has 0 spiro atoms. The Kier molecular flexibility index (Phi) is 6.59. The van der Waals surface area contributed by atoms with Gasteiger partial charge in [0.15, 0.2) is 0 Å². The molecule has 0 saturated carbocycles. The van der Waals surface area contributed by atoms with Gasteiger partial charge in [0.1, 0.15) is 12.2 Å². The summed E-state index contributed by atoms with van der Waals surface area (Å²) < 4.78 is 1.33. The summed E-state index contributed by atoms with van der Waals surface area (Å²) in [5.41, 5.74) is 2.37. The highest BCUT2D eigenvalue weighted by atomic mass is 16.2. The molecule has 0 bridgehead atoms. The molecule has 2 rings (SSSR count). The molecule has 1 aromatic carbocycles. The van der Waals surface area contributed by atoms with Crippen molar-refractivity contribution in [1.82, 2.24) is 15.2 Å². The molecule has 2 aromatic rings. The highest BCUT2D eigenvalue weighted by molar-refractivity contribution is 5.88. The first-order chi connectivity index (χ1) is 12.8. The van der Waals surface area contributed by atoms with Crippen LogP contribution < -0.4 is 26.4 Å². The minimum atomic E-state index is -0.492. The van der Waals surface area contributed by atoms with Crippen molar-refractivity contribution < 1.29 is 9.59 Å². The normalized spacial score (nSPS) is 10.2. The number of nitrogens with zero attached hydrogens (tertiary/aromatic N) is 2. The molecule has 144 valence electrons. The molecule has 0 unspecified atom stereocenters. The number of amides is 3. The summed E-state index contributed by atoms with van der Waals surface area (Å²) in [6.45, 7) is 1.98. The number of hydrogen-bond acceptors (Lipinski definition) is 4. The van der Waals surface area contributed by atoms with Gasteiger partial charge < -0.3 is 25.4 Å². The van der Waals surface area contributed by atoms with Crippen LogP contribution in [0.25, 0.3) is 0 Å². The Bertz CT molecular complexity index is 872. The highest BCUT2D eigenvalue weighted by Crippen LogP contribution is 2.12. The number of aryl methyl sites for hydroxylation is 1. The fourth-order valence-electron chi connectivity index (χ4n) is 2.46. The van der Waals surface area contributed by atoms with Gasteiger partial charge in [-0.05, 0) is 36.8 Å². The van der Waals surface area contributed by atoms with Gasteiger partial charge in [0.25, 0.3) is 5.56 Å². The third-order valence-electron chi connectivity index (χ3n) is 4.11. The topological polar surface area (TPSA) is 95.5 Å². The third kappa shape index (κ3) is 5.34. The SMILES string of the molecule is CNC(=O)Nc1ccc(C)n(CC(=O)NCc2ccc(N(C)C)cc2)c1=O. The van der Waals surface area contributed by atoms with Crippen LogP contribution in [-0.4, -0.2) is 37.6 Å². The zero-order valence-corrected chi connectivity index (χ0v) is 16.0. The van der Waals surface area contributed by atoms with Crippen LogP contribution in [0.1, 0.15) is 11.3 Å². The fraction of sp³-hybridized carbons (Fsp3) is 0.316. The zero-order chi connectivity index (χ0) is 20.0. The number of nitrogens with one attached hydrogen (secondary N) is 3. The quantitative estimate of drug-likeness (QED) is 0.713. The van der Waals surface area contributed by atoms with Crippen LogP contribution in [0, 0.1) is 6.92 Å². The first-order valence-electron chi connectivity index (χ1n) is 8.54. The summed E-state index contributed by atoms with van der Waals surface area (Å²) in [7, 11) is 5.38. The highest BCUT2D eigenvalue weighted by Gasteiger charge is 2.12. The van der Waals surface area contributed by atoms with E-state index < -0.39 is 11.6 Å². The molecular weight excluding hydrogens is 346 g/mol. The molecule has 1 aromatic heterocycles. The second-order valence-corrected chi connectivity index (χ2v) is 6.32. The summed E-state index contributed by atoms with van der Waals surface area (Å²) >= 11 is 0. The van der Waals surface area contributed by atoms with Crippen molar-refractivity contribution in [2.24, 2.45) is 0 Å². The van der Waals surface area contributed by atoms with Gasteiger partial charge in [-0.25, -0.2) is 4.79 Å². The van der Waals surface area contributed by atoms with Gasteiger partial charge >= 0.3 is 6.03 Å². The average Bonchev–Trinajstić information content (AvgIpc) is 2.65. The molecule has 0 saturated heterocycles. The Balaban J connectivity index is 2.03. The van der Waals surface area contributed by atoms with Gasteiger partial charge in [-0.2, -0.15) is 0 Å². The Hall–Kier alpha value is -3.29. The van der Waals surface area contributed by atoms with Crippen LogP contribution in [0.2, 0.25) is 0 Å². The third-order valence-corrected chi connectivity index (χ3v) is 4.11. The molecule has 0 aliphatic rings. The molecule has 0 aliphatic carbocycles. The van der Waals surface area contributed by atoms with Crippen molar-refractivity contribution in [3.05, 3.63) is 58.0 Å². The number of carbonyl (C=O) groups excluding carboxylic acids is 2. The maximum atomic E-state index is 12.5. The van der Waals surface area contributed by atoms with Gasteiger partial charge in [0, 0.05) is 39.1 Å². The van der Waals surface area contributed by atoms with E-state index in [-0.39, 0.29) is 18.1 Å². The van der Waals surface area contributed by atoms with Crippen molar-refractivity contribution in [2.45, 2.75) is 20.0 Å². The van der Waals surface area contributed by atoms with Crippen molar-refractivity contribution in [3.63, 3.8) is 0 Å². The molecule has 0 fully saturated rings. The number of rotatable bonds is 6. The zero-order valence-electron chi connectivity index (χ0n) is 16.0. The Morgan fingerprint density at radius 2 is 1.74 bits per heavy atom. The molecule has 0 radical (unpaired) electrons. The maximum absolute atomic E-state index is 12.5. The molecule has 8 heteroatoms. The number of anilines is 2. The molecule has 3 N–H and O–H groups in total. The van der Waals surface area contributed by atoms with E-state index in [4.69, 9.17) is 0 Å². The van der Waals surface area contributed by atoms with Gasteiger partial charge in [-0.1, -0.05) is 12.1 Å². The lowest BCUT2D eigenvalue weighted by Gasteiger charge is -2.14. The molecule has 3 amide bonds. The molecule has 0 atom stereocenters. The molecule has 0 aliphatic heterocycles. The summed E-state index contributed by atoms with van der Waals surface area (Å²) in [5.74, 6) is -0.283. The van der Waals surface area contributed by atoms with Gasteiger partial charge in [-0.3, -0.25) is 9.59 Å². The Labute approximate surface area is 158 Å². The summed E-state index contributed by atoms with van der Waals surface area (Å²) in [6.07, 6.45) is 0. The van der Waals surface area contributed by atoms with E-state index in [2.05, 4.69) is 16.0 Å². The van der Waals surface area contributed by atoms with E-state index in [1.54, 1.807) is 13.0 Å². The Morgan fingerprint density at radius 3 is 2.33 bits per heavy atom. The van der Waals surface area contributed by atoms with Crippen molar-refractivity contribution >= 4 is 23.3 Å². The van der Waals surface area contributed by atoms with Crippen LogP contribution in [-0.2, 0) is 17.9 Å². The lowest BCUT2D eigenvalue weighted by Crippen LogP contribution is -2.35. The van der Waals surface area contributed by atoms with Gasteiger partial charge in [0.2, 0.25) is 5.91 Å². The van der Waals surface area contributed by atoms with Gasteiger partial charge in [0.05, 0.1) is 0 Å². The minimum absolute atomic E-state index is 0.118. The number of hydrogen-bond donors (Lipinski definition) is 3. The second-order valence-electron chi connectivity index (χ2n) is 6.32. The number of pyridine rings is 1. The number of urea groups is 1. The lowest BCUT2D eigenvalue weighted by molar-refractivity contribution is -0.121. The monoisotopic (exact) mass is 371 g/mol. The standard InChI is InChI=1S/C19H25N5O3/c1-13-5-10-16(22-19(27)20-2)18(26)24(13)12-17(25)21-11-14-6-8-15(9-7-14)23(3)4/h5-10H,11-12H2,1-4H3,(H,21,25)(H2,20,22,27).